The van der Waals surface area contributed by atoms with E-state index in [-0.39, 0.29) is 11.4 Å². The van der Waals surface area contributed by atoms with E-state index in [9.17, 15) is 20.2 Å². The average Bonchev–Trinajstić information content (AvgIpc) is 4.13. The Bertz CT molecular complexity index is 3450. The minimum absolute atomic E-state index is 0.00841. The van der Waals surface area contributed by atoms with Gasteiger partial charge in [-0.2, -0.15) is 4.57 Å². The van der Waals surface area contributed by atoms with Gasteiger partial charge in [0.15, 0.2) is 11.6 Å². The van der Waals surface area contributed by atoms with Crippen molar-refractivity contribution in [1.82, 2.24) is 9.97 Å². The first-order valence-electron chi connectivity index (χ1n) is 20.6. The first kappa shape index (κ1) is 37.5. The Kier molecular flexibility index (Phi) is 8.52. The van der Waals surface area contributed by atoms with Gasteiger partial charge in [-0.05, 0) is 103 Å². The lowest BCUT2D eigenvalue weighted by Gasteiger charge is -2.27. The minimum atomic E-state index is -0.809. The van der Waals surface area contributed by atoms with E-state index in [4.69, 9.17) is 4.99 Å². The monoisotopic (exact) mass is 821 g/mol. The second kappa shape index (κ2) is 14.3. The molecule has 3 aliphatic rings. The number of non-ortho nitro benzene ring substituents is 2. The molecule has 3 aliphatic heterocycles. The number of para-hydroxylation sites is 1. The molecular weight excluding hydrogens is 785 g/mol. The molecule has 6 heterocycles. The summed E-state index contributed by atoms with van der Waals surface area (Å²) in [5, 5.41) is 25.1. The average molecular weight is 822 g/mol. The van der Waals surface area contributed by atoms with Gasteiger partial charge in [0, 0.05) is 75.2 Å². The van der Waals surface area contributed by atoms with Crippen LogP contribution in [0.25, 0.3) is 22.4 Å². The van der Waals surface area contributed by atoms with E-state index < -0.39 is 15.3 Å². The van der Waals surface area contributed by atoms with Crippen LogP contribution in [-0.4, -0.2) is 25.5 Å². The SMILES string of the molecule is Cc1ccc(/C2=C3\C=CC(=N3)/C(c3ccc([N+](=O)[O-])cc3)=c3/cc/c([nH]3)=C(\c3ccc([N+](=O)[O-])cc3)c3ccc([nH]3)C3(c4ccc(C)cc4)c4cccc2c4-[n+]2ccccc23)cc1. The summed E-state index contributed by atoms with van der Waals surface area (Å²) in [5.41, 5.74) is 15.0. The number of aromatic amines is 2. The number of aliphatic imine (C=N–C) groups is 1. The Hall–Kier alpha value is -8.50. The Morgan fingerprint density at radius 1 is 0.571 bits per heavy atom. The number of allylic oxidation sites excluding steroid dienone is 2. The summed E-state index contributed by atoms with van der Waals surface area (Å²) in [4.78, 5) is 35.9. The minimum Gasteiger partial charge on any atom is -0.357 e. The first-order chi connectivity index (χ1) is 30.7. The van der Waals surface area contributed by atoms with Gasteiger partial charge in [0.2, 0.25) is 11.4 Å². The molecule has 302 valence electrons. The van der Waals surface area contributed by atoms with E-state index in [0.29, 0.717) is 5.71 Å². The van der Waals surface area contributed by atoms with Crippen LogP contribution in [0.5, 0.6) is 0 Å². The number of H-pyrrole nitrogens is 2. The fraction of sp³-hybridized carbons (Fsp3) is 0.0566. The number of nitrogens with zero attached hydrogens (tertiary/aromatic N) is 4. The van der Waals surface area contributed by atoms with Crippen molar-refractivity contribution in [3.05, 3.63) is 274 Å². The van der Waals surface area contributed by atoms with Crippen molar-refractivity contribution in [1.29, 1.82) is 0 Å². The number of nitro benzene ring substituents is 2. The van der Waals surface area contributed by atoms with Crippen LogP contribution < -0.4 is 15.3 Å². The molecule has 0 fully saturated rings. The number of nitrogens with one attached hydrogen (secondary N) is 2. The van der Waals surface area contributed by atoms with E-state index >= 15 is 0 Å². The van der Waals surface area contributed by atoms with Crippen LogP contribution in [-0.2, 0) is 5.41 Å². The molecule has 1 atom stereocenters. The number of rotatable bonds is 6. The van der Waals surface area contributed by atoms with Gasteiger partial charge in [0.1, 0.15) is 0 Å². The molecule has 63 heavy (non-hydrogen) atoms. The van der Waals surface area contributed by atoms with E-state index in [2.05, 4.69) is 138 Å². The standard InChI is InChI=1S/C53H37N6O4/c1-32-9-13-34(14-10-32)49-40-6-5-7-41-52(40)57-31-4-3-8-48(57)53(41,37-19-11-33(2)12-20-37)47-30-29-46(56-47)51(36-17-23-39(24-18-36)59(62)63)45-28-27-44(55-45)50(43-26-25-42(49)54-43)35-15-21-38(22-16-35)58(60)61/h3-31,55-56H,1-2H3/q+1/b49-42-,50-44-,51-45-. The third-order valence-electron chi connectivity index (χ3n) is 12.5. The lowest BCUT2D eigenvalue weighted by atomic mass is 9.70. The topological polar surface area (TPSA) is 134 Å². The first-order valence-corrected chi connectivity index (χ1v) is 20.6. The zero-order valence-corrected chi connectivity index (χ0v) is 34.2. The van der Waals surface area contributed by atoms with Crippen LogP contribution in [0.1, 0.15) is 61.6 Å². The number of fused-ring (bicyclic) bond motifs is 8. The summed E-state index contributed by atoms with van der Waals surface area (Å²) >= 11 is 0. The van der Waals surface area contributed by atoms with Crippen molar-refractivity contribution in [3.63, 3.8) is 0 Å². The zero-order chi connectivity index (χ0) is 43.0. The lowest BCUT2D eigenvalue weighted by molar-refractivity contribution is -0.599. The van der Waals surface area contributed by atoms with Crippen molar-refractivity contribution < 1.29 is 14.4 Å². The molecule has 5 aromatic carbocycles. The molecule has 0 amide bonds. The molecule has 0 radical (unpaired) electrons. The molecule has 0 spiro atoms. The lowest BCUT2D eigenvalue weighted by Crippen LogP contribution is -2.38. The zero-order valence-electron chi connectivity index (χ0n) is 34.2. The number of aromatic nitrogens is 3. The molecule has 10 bridgehead atoms. The molecule has 11 rings (SSSR count). The van der Waals surface area contributed by atoms with Crippen molar-refractivity contribution in [2.75, 3.05) is 0 Å². The molecule has 0 saturated heterocycles. The highest BCUT2D eigenvalue weighted by atomic mass is 16.6. The van der Waals surface area contributed by atoms with Gasteiger partial charge in [0.05, 0.1) is 32.4 Å². The van der Waals surface area contributed by atoms with E-state index in [1.165, 1.54) is 24.3 Å². The van der Waals surface area contributed by atoms with E-state index in [1.54, 1.807) is 24.3 Å². The van der Waals surface area contributed by atoms with Crippen LogP contribution in [0.4, 0.5) is 11.4 Å². The number of hydrogen-bond donors (Lipinski definition) is 2. The summed E-state index contributed by atoms with van der Waals surface area (Å²) < 4.78 is 2.31. The van der Waals surface area contributed by atoms with Gasteiger partial charge in [-0.15, -0.1) is 0 Å². The fourth-order valence-electron chi connectivity index (χ4n) is 9.58. The van der Waals surface area contributed by atoms with Crippen LogP contribution in [0.3, 0.4) is 0 Å². The van der Waals surface area contributed by atoms with Gasteiger partial charge in [-0.1, -0.05) is 77.9 Å². The fourth-order valence-corrected chi connectivity index (χ4v) is 9.58. The van der Waals surface area contributed by atoms with Crippen molar-refractivity contribution in [3.8, 4) is 5.69 Å². The Balaban J connectivity index is 1.32. The number of pyridine rings is 1. The second-order valence-corrected chi connectivity index (χ2v) is 16.2. The largest absolute Gasteiger partial charge is 0.357 e. The third kappa shape index (κ3) is 5.87. The summed E-state index contributed by atoms with van der Waals surface area (Å²) in [6, 6.07) is 51.6. The smallest absolute Gasteiger partial charge is 0.269 e. The Morgan fingerprint density at radius 3 is 1.84 bits per heavy atom. The third-order valence-corrected chi connectivity index (χ3v) is 12.5. The maximum absolute atomic E-state index is 11.8. The maximum Gasteiger partial charge on any atom is 0.269 e. The molecule has 1 unspecified atom stereocenters. The highest BCUT2D eigenvalue weighted by Crippen LogP contribution is 2.51. The molecule has 2 N–H and O–H groups in total. The molecule has 3 aromatic heterocycles. The molecule has 10 heteroatoms. The van der Waals surface area contributed by atoms with Gasteiger partial charge in [0.25, 0.3) is 11.4 Å². The number of benzene rings is 5. The summed E-state index contributed by atoms with van der Waals surface area (Å²) in [7, 11) is 0. The number of hydrogen-bond acceptors (Lipinski definition) is 5. The van der Waals surface area contributed by atoms with Gasteiger partial charge < -0.3 is 9.97 Å². The highest BCUT2D eigenvalue weighted by molar-refractivity contribution is 6.30. The molecular formula is C53H37N6O4+. The van der Waals surface area contributed by atoms with Gasteiger partial charge in [-0.3, -0.25) is 20.2 Å². The summed E-state index contributed by atoms with van der Waals surface area (Å²) in [6.45, 7) is 4.18. The summed E-state index contributed by atoms with van der Waals surface area (Å²) in [5.74, 6) is 0. The van der Waals surface area contributed by atoms with Crippen LogP contribution >= 0.6 is 0 Å². The Morgan fingerprint density at radius 2 is 1.17 bits per heavy atom. The molecule has 0 aliphatic carbocycles. The maximum atomic E-state index is 11.8. The molecule has 10 nitrogen and oxygen atoms in total. The van der Waals surface area contributed by atoms with Gasteiger partial charge in [-0.25, -0.2) is 4.99 Å². The predicted molar refractivity (Wildman–Crippen MR) is 243 cm³/mol. The van der Waals surface area contributed by atoms with E-state index in [0.717, 1.165) is 100 Å². The normalized spacial score (nSPS) is 18.9. The van der Waals surface area contributed by atoms with Gasteiger partial charge >= 0.3 is 0 Å². The predicted octanol–water partition coefficient (Wildman–Crippen LogP) is 8.98. The number of nitro groups is 2. The van der Waals surface area contributed by atoms with Crippen LogP contribution in [0.2, 0.25) is 0 Å². The Labute approximate surface area is 361 Å². The number of aryl methyl sites for hydroxylation is 2. The van der Waals surface area contributed by atoms with Crippen molar-refractivity contribution >= 4 is 33.8 Å². The van der Waals surface area contributed by atoms with Crippen molar-refractivity contribution in [2.24, 2.45) is 4.99 Å². The highest BCUT2D eigenvalue weighted by Gasteiger charge is 2.55. The molecule has 8 aromatic rings. The second-order valence-electron chi connectivity index (χ2n) is 16.2. The van der Waals surface area contributed by atoms with E-state index in [1.807, 2.05) is 18.2 Å². The van der Waals surface area contributed by atoms with Crippen LogP contribution in [0, 0.1) is 34.1 Å². The summed E-state index contributed by atoms with van der Waals surface area (Å²) in [6.07, 6.45) is 6.20. The van der Waals surface area contributed by atoms with Crippen LogP contribution in [0.15, 0.2) is 187 Å². The quantitative estimate of drug-likeness (QED) is 0.0984. The molecule has 0 saturated carbocycles. The van der Waals surface area contributed by atoms with Crippen molar-refractivity contribution in [2.45, 2.75) is 19.3 Å².